The molecule has 0 fully saturated rings. The highest BCUT2D eigenvalue weighted by Crippen LogP contribution is 2.23. The van der Waals surface area contributed by atoms with Crippen LogP contribution in [0.4, 0.5) is 0 Å². The van der Waals surface area contributed by atoms with E-state index < -0.39 is 0 Å². The van der Waals surface area contributed by atoms with Crippen LogP contribution >= 0.6 is 35.2 Å². The maximum Gasteiger partial charge on any atom is 0.240 e. The third-order valence-electron chi connectivity index (χ3n) is 3.82. The summed E-state index contributed by atoms with van der Waals surface area (Å²) in [5.41, 5.74) is 1.02. The highest BCUT2D eigenvalue weighted by Gasteiger charge is 2.16. The van der Waals surface area contributed by atoms with Crippen LogP contribution in [0.25, 0.3) is 10.7 Å². The third kappa shape index (κ3) is 4.18. The van der Waals surface area contributed by atoms with Crippen LogP contribution in [0.5, 0.6) is 0 Å². The smallest absolute Gasteiger partial charge is 0.240 e. The molecule has 0 radical (unpaired) electrons. The summed E-state index contributed by atoms with van der Waals surface area (Å²) in [6.07, 6.45) is 0.780. The summed E-state index contributed by atoms with van der Waals surface area (Å²) in [4.78, 5) is 13.5. The topological polar surface area (TPSA) is 62.7 Å². The Morgan fingerprint density at radius 3 is 2.80 bits per heavy atom. The van der Waals surface area contributed by atoms with E-state index in [4.69, 9.17) is 23.8 Å². The number of thiophene rings is 1. The fraction of sp³-hybridized carbons (Fsp3) is 0.235. The predicted molar refractivity (Wildman–Crippen MR) is 103 cm³/mol. The van der Waals surface area contributed by atoms with E-state index in [1.54, 1.807) is 15.9 Å². The van der Waals surface area contributed by atoms with Gasteiger partial charge >= 0.3 is 0 Å². The van der Waals surface area contributed by atoms with Crippen molar-refractivity contribution in [3.8, 4) is 10.7 Å². The van der Waals surface area contributed by atoms with Gasteiger partial charge in [-0.25, -0.2) is 0 Å². The first-order valence-electron chi connectivity index (χ1n) is 7.82. The van der Waals surface area contributed by atoms with E-state index in [9.17, 15) is 4.79 Å². The quantitative estimate of drug-likeness (QED) is 0.603. The molecule has 3 rings (SSSR count). The van der Waals surface area contributed by atoms with E-state index in [0.29, 0.717) is 15.6 Å². The normalized spacial score (nSPS) is 12.1. The van der Waals surface area contributed by atoms with Gasteiger partial charge in [-0.2, -0.15) is 5.10 Å². The number of rotatable bonds is 6. The molecule has 2 aromatic heterocycles. The van der Waals surface area contributed by atoms with Crippen LogP contribution in [-0.4, -0.2) is 20.7 Å². The Balaban J connectivity index is 1.75. The summed E-state index contributed by atoms with van der Waals surface area (Å²) in [5, 5.41) is 12.7. The van der Waals surface area contributed by atoms with Gasteiger partial charge in [0.25, 0.3) is 0 Å². The monoisotopic (exact) mass is 392 g/mol. The highest BCUT2D eigenvalue weighted by molar-refractivity contribution is 7.71. The number of hydrogen-bond donors (Lipinski definition) is 2. The minimum absolute atomic E-state index is 0.0731. The molecule has 0 aliphatic heterocycles. The lowest BCUT2D eigenvalue weighted by Crippen LogP contribution is -2.31. The number of halogens is 1. The van der Waals surface area contributed by atoms with Crippen molar-refractivity contribution in [1.29, 1.82) is 0 Å². The average Bonchev–Trinajstić information content (AvgIpc) is 3.24. The van der Waals surface area contributed by atoms with Crippen LogP contribution < -0.4 is 5.32 Å². The highest BCUT2D eigenvalue weighted by atomic mass is 35.5. The molecule has 130 valence electrons. The number of nitrogens with zero attached hydrogens (tertiary/aromatic N) is 2. The second-order valence-corrected chi connectivity index (χ2v) is 7.27. The molecule has 25 heavy (non-hydrogen) atoms. The van der Waals surface area contributed by atoms with Gasteiger partial charge in [-0.3, -0.25) is 14.5 Å². The van der Waals surface area contributed by atoms with E-state index in [2.05, 4.69) is 15.5 Å². The molecule has 0 bridgehead atoms. The zero-order valence-electron chi connectivity index (χ0n) is 13.5. The minimum atomic E-state index is -0.114. The van der Waals surface area contributed by atoms with Crippen molar-refractivity contribution >= 4 is 41.1 Å². The van der Waals surface area contributed by atoms with Gasteiger partial charge in [-0.1, -0.05) is 36.7 Å². The molecule has 2 N–H and O–H groups in total. The van der Waals surface area contributed by atoms with Gasteiger partial charge in [-0.05, 0) is 47.8 Å². The lowest BCUT2D eigenvalue weighted by Gasteiger charge is -2.18. The number of carbonyl (C=O) groups excluding carboxylic acids is 1. The zero-order valence-corrected chi connectivity index (χ0v) is 15.9. The minimum Gasteiger partial charge on any atom is -0.348 e. The molecule has 0 spiro atoms. The molecule has 0 aliphatic rings. The van der Waals surface area contributed by atoms with E-state index in [1.165, 1.54) is 0 Å². The molecule has 5 nitrogen and oxygen atoms in total. The van der Waals surface area contributed by atoms with Crippen molar-refractivity contribution in [2.45, 2.75) is 25.9 Å². The molecule has 0 saturated carbocycles. The number of benzene rings is 1. The first kappa shape index (κ1) is 17.8. The molecule has 1 atom stereocenters. The number of aromatic amines is 1. The van der Waals surface area contributed by atoms with Gasteiger partial charge in [0.05, 0.1) is 10.9 Å². The number of carbonyl (C=O) groups is 1. The van der Waals surface area contributed by atoms with Crippen LogP contribution in [0, 0.1) is 4.77 Å². The van der Waals surface area contributed by atoms with Crippen molar-refractivity contribution < 1.29 is 4.79 Å². The lowest BCUT2D eigenvalue weighted by molar-refractivity contribution is -0.122. The first-order valence-corrected chi connectivity index (χ1v) is 9.49. The third-order valence-corrected chi connectivity index (χ3v) is 5.25. The number of nitrogens with one attached hydrogen (secondary N) is 2. The van der Waals surface area contributed by atoms with E-state index >= 15 is 0 Å². The van der Waals surface area contributed by atoms with Crippen molar-refractivity contribution in [3.05, 3.63) is 57.1 Å². The average molecular weight is 393 g/mol. The number of aromatic nitrogens is 3. The van der Waals surface area contributed by atoms with Crippen LogP contribution in [-0.2, 0) is 11.3 Å². The fourth-order valence-electron chi connectivity index (χ4n) is 2.56. The van der Waals surface area contributed by atoms with Gasteiger partial charge in [0.1, 0.15) is 6.54 Å². The molecule has 0 aliphatic carbocycles. The molecule has 3 aromatic rings. The summed E-state index contributed by atoms with van der Waals surface area (Å²) in [6.45, 7) is 2.15. The Morgan fingerprint density at radius 2 is 2.16 bits per heavy atom. The molecule has 8 heteroatoms. The maximum atomic E-state index is 12.6. The van der Waals surface area contributed by atoms with Gasteiger partial charge in [-0.15, -0.1) is 11.3 Å². The Hall–Kier alpha value is -1.96. The van der Waals surface area contributed by atoms with Crippen LogP contribution in [0.3, 0.4) is 0 Å². The fourth-order valence-corrected chi connectivity index (χ4v) is 3.60. The predicted octanol–water partition coefficient (Wildman–Crippen LogP) is 4.59. The summed E-state index contributed by atoms with van der Waals surface area (Å²) in [7, 11) is 0. The number of hydrogen-bond acceptors (Lipinski definition) is 4. The van der Waals surface area contributed by atoms with Gasteiger partial charge in [0, 0.05) is 5.02 Å². The van der Waals surface area contributed by atoms with Crippen molar-refractivity contribution in [2.75, 3.05) is 0 Å². The standard InChI is InChI=1S/C17H17ClN4OS2/c1-2-13(11-5-7-12(18)8-6-11)19-15(23)10-22-16(20-21-17(22)24)14-4-3-9-25-14/h3-9,13H,2,10H2,1H3,(H,19,23)(H,21,24)/t13-/m0/s1. The summed E-state index contributed by atoms with van der Waals surface area (Å²) in [5.74, 6) is 0.562. The number of H-pyrrole nitrogens is 1. The zero-order chi connectivity index (χ0) is 17.8. The first-order chi connectivity index (χ1) is 12.1. The Morgan fingerprint density at radius 1 is 1.40 bits per heavy atom. The Kier molecular flexibility index (Phi) is 5.67. The van der Waals surface area contributed by atoms with Crippen molar-refractivity contribution in [3.63, 3.8) is 0 Å². The second kappa shape index (κ2) is 7.95. The van der Waals surface area contributed by atoms with Crippen molar-refractivity contribution in [1.82, 2.24) is 20.1 Å². The summed E-state index contributed by atoms with van der Waals surface area (Å²) >= 11 is 12.8. The van der Waals surface area contributed by atoms with E-state index in [1.807, 2.05) is 48.7 Å². The van der Waals surface area contributed by atoms with E-state index in [0.717, 1.165) is 16.9 Å². The summed E-state index contributed by atoms with van der Waals surface area (Å²) < 4.78 is 2.14. The lowest BCUT2D eigenvalue weighted by atomic mass is 10.0. The largest absolute Gasteiger partial charge is 0.348 e. The Labute approximate surface area is 159 Å². The van der Waals surface area contributed by atoms with Gasteiger partial charge < -0.3 is 5.32 Å². The summed E-state index contributed by atoms with van der Waals surface area (Å²) in [6, 6.07) is 11.3. The van der Waals surface area contributed by atoms with Gasteiger partial charge in [0.15, 0.2) is 10.6 Å². The number of amides is 1. The van der Waals surface area contributed by atoms with Crippen LogP contribution in [0.1, 0.15) is 24.9 Å². The molecule has 0 saturated heterocycles. The van der Waals surface area contributed by atoms with Crippen LogP contribution in [0.2, 0.25) is 5.02 Å². The maximum absolute atomic E-state index is 12.6. The van der Waals surface area contributed by atoms with Crippen molar-refractivity contribution in [2.24, 2.45) is 0 Å². The second-order valence-electron chi connectivity index (χ2n) is 5.50. The molecule has 1 amide bonds. The molecule has 2 heterocycles. The molecular weight excluding hydrogens is 376 g/mol. The molecule has 1 aromatic carbocycles. The van der Waals surface area contributed by atoms with Gasteiger partial charge in [0.2, 0.25) is 5.91 Å². The SMILES string of the molecule is CC[C@H](NC(=O)Cn1c(-c2cccs2)n[nH]c1=S)c1ccc(Cl)cc1. The molecule has 0 unspecified atom stereocenters. The molecular formula is C17H17ClN4OS2. The van der Waals surface area contributed by atoms with E-state index in [-0.39, 0.29) is 18.5 Å². The Bertz CT molecular complexity index is 900. The van der Waals surface area contributed by atoms with Crippen LogP contribution in [0.15, 0.2) is 41.8 Å².